The Hall–Kier alpha value is -3.37. The molecular formula is C26H28NO5P. The maximum Gasteiger partial charge on any atom is 0.338 e. The van der Waals surface area contributed by atoms with E-state index >= 15 is 0 Å². The van der Waals surface area contributed by atoms with Crippen LogP contribution in [0.4, 0.5) is 0 Å². The van der Waals surface area contributed by atoms with Crippen LogP contribution in [0, 0.1) is 0 Å². The first-order chi connectivity index (χ1) is 15.9. The van der Waals surface area contributed by atoms with E-state index in [-0.39, 0.29) is 5.57 Å². The number of ether oxygens (including phenoxy) is 3. The number of hydrogen-bond acceptors (Lipinski definition) is 6. The molecule has 0 N–H and O–H groups in total. The topological polar surface area (TPSA) is 74.7 Å². The van der Waals surface area contributed by atoms with Crippen LogP contribution < -0.4 is 25.5 Å². The van der Waals surface area contributed by atoms with Gasteiger partial charge in [0.05, 0.1) is 26.4 Å². The van der Waals surface area contributed by atoms with Gasteiger partial charge < -0.3 is 18.8 Å². The summed E-state index contributed by atoms with van der Waals surface area (Å²) in [5, 5.41) is 0.911. The number of rotatable bonds is 10. The van der Waals surface area contributed by atoms with Gasteiger partial charge in [-0.3, -0.25) is 4.98 Å². The number of esters is 1. The molecule has 0 aliphatic heterocycles. The van der Waals surface area contributed by atoms with Gasteiger partial charge in [-0.15, -0.1) is 0 Å². The molecule has 0 fully saturated rings. The molecule has 1 atom stereocenters. The van der Waals surface area contributed by atoms with Crippen molar-refractivity contribution in [3.63, 3.8) is 0 Å². The van der Waals surface area contributed by atoms with Crippen molar-refractivity contribution in [2.24, 2.45) is 0 Å². The Labute approximate surface area is 194 Å². The predicted octanol–water partition coefficient (Wildman–Crippen LogP) is 4.09. The van der Waals surface area contributed by atoms with Crippen LogP contribution in [0.2, 0.25) is 0 Å². The third-order valence-corrected chi connectivity index (χ3v) is 8.20. The monoisotopic (exact) mass is 465 g/mol. The third kappa shape index (κ3) is 5.18. The molecule has 172 valence electrons. The molecule has 6 nitrogen and oxygen atoms in total. The number of carbonyl (C=O) groups is 1. The summed E-state index contributed by atoms with van der Waals surface area (Å²) in [6.07, 6.45) is 3.25. The van der Waals surface area contributed by atoms with Gasteiger partial charge in [-0.25, -0.2) is 4.79 Å². The van der Waals surface area contributed by atoms with Crippen LogP contribution >= 0.6 is 7.14 Å². The van der Waals surface area contributed by atoms with Gasteiger partial charge in [0.2, 0.25) is 0 Å². The standard InChI is InChI=1S/C26H28NO5P/c1-5-6-16-32-26(28)19(2)23-14-13-21(31-4)18-24(23)33(29,25-12-7-8-15-27-25)22-11-9-10-20(17-22)30-3/h7-15,17-18H,2,5-6,16H2,1,3-4H3. The van der Waals surface area contributed by atoms with Crippen molar-refractivity contribution in [1.29, 1.82) is 0 Å². The summed E-state index contributed by atoms with van der Waals surface area (Å²) in [5.74, 6) is 0.513. The summed E-state index contributed by atoms with van der Waals surface area (Å²) < 4.78 is 31.2. The SMILES string of the molecule is C=C(C(=O)OCCCC)c1ccc(OC)cc1P(=O)(c1cccc(OC)c1)c1ccccn1. The van der Waals surface area contributed by atoms with Crippen molar-refractivity contribution in [2.75, 3.05) is 20.8 Å². The number of unbranched alkanes of at least 4 members (excludes halogenated alkanes) is 1. The minimum Gasteiger partial charge on any atom is -0.497 e. The van der Waals surface area contributed by atoms with Gasteiger partial charge in [0.15, 0.2) is 7.14 Å². The number of pyridine rings is 1. The van der Waals surface area contributed by atoms with Gasteiger partial charge in [-0.1, -0.05) is 38.1 Å². The molecule has 0 aliphatic carbocycles. The van der Waals surface area contributed by atoms with Crippen LogP contribution in [0.15, 0.2) is 73.4 Å². The largest absolute Gasteiger partial charge is 0.497 e. The highest BCUT2D eigenvalue weighted by Gasteiger charge is 2.35. The predicted molar refractivity (Wildman–Crippen MR) is 132 cm³/mol. The van der Waals surface area contributed by atoms with Crippen LogP contribution in [0.25, 0.3) is 5.57 Å². The fourth-order valence-corrected chi connectivity index (χ4v) is 6.18. The first kappa shape index (κ1) is 24.3. The lowest BCUT2D eigenvalue weighted by Crippen LogP contribution is -2.29. The van der Waals surface area contributed by atoms with E-state index in [1.54, 1.807) is 74.0 Å². The van der Waals surface area contributed by atoms with E-state index in [1.165, 1.54) is 7.11 Å². The van der Waals surface area contributed by atoms with Crippen LogP contribution in [0.5, 0.6) is 11.5 Å². The molecule has 1 heterocycles. The van der Waals surface area contributed by atoms with Gasteiger partial charge in [0.1, 0.15) is 16.9 Å². The first-order valence-corrected chi connectivity index (χ1v) is 12.4. The molecule has 3 aromatic rings. The maximum atomic E-state index is 15.0. The van der Waals surface area contributed by atoms with Crippen LogP contribution in [0.3, 0.4) is 0 Å². The quantitative estimate of drug-likeness (QED) is 0.194. The molecular weight excluding hydrogens is 437 g/mol. The summed E-state index contributed by atoms with van der Waals surface area (Å²) in [6, 6.07) is 17.4. The van der Waals surface area contributed by atoms with Crippen molar-refractivity contribution in [2.45, 2.75) is 19.8 Å². The zero-order valence-corrected chi connectivity index (χ0v) is 20.0. The van der Waals surface area contributed by atoms with Gasteiger partial charge >= 0.3 is 5.97 Å². The van der Waals surface area contributed by atoms with Crippen LogP contribution in [0.1, 0.15) is 25.3 Å². The Morgan fingerprint density at radius 3 is 2.42 bits per heavy atom. The van der Waals surface area contributed by atoms with Crippen molar-refractivity contribution in [3.05, 3.63) is 79.0 Å². The lowest BCUT2D eigenvalue weighted by Gasteiger charge is -2.23. The Balaban J connectivity index is 2.25. The van der Waals surface area contributed by atoms with Gasteiger partial charge in [-0.05, 0) is 54.4 Å². The zero-order valence-electron chi connectivity index (χ0n) is 19.1. The van der Waals surface area contributed by atoms with Crippen molar-refractivity contribution >= 4 is 34.7 Å². The minimum absolute atomic E-state index is 0.128. The number of benzene rings is 2. The smallest absolute Gasteiger partial charge is 0.338 e. The molecule has 0 bridgehead atoms. The highest BCUT2D eigenvalue weighted by atomic mass is 31.2. The van der Waals surface area contributed by atoms with Gasteiger partial charge in [-0.2, -0.15) is 0 Å². The van der Waals surface area contributed by atoms with Crippen molar-refractivity contribution in [1.82, 2.24) is 4.98 Å². The Morgan fingerprint density at radius 1 is 1.00 bits per heavy atom. The minimum atomic E-state index is -3.56. The summed E-state index contributed by atoms with van der Waals surface area (Å²) in [6.45, 7) is 6.29. The molecule has 0 saturated carbocycles. The molecule has 0 radical (unpaired) electrons. The normalized spacial score (nSPS) is 12.5. The lowest BCUT2D eigenvalue weighted by atomic mass is 10.1. The number of carbonyl (C=O) groups excluding carboxylic acids is 1. The van der Waals surface area contributed by atoms with Crippen LogP contribution in [-0.2, 0) is 14.1 Å². The number of methoxy groups -OCH3 is 2. The van der Waals surface area contributed by atoms with E-state index in [0.717, 1.165) is 12.8 Å². The molecule has 7 heteroatoms. The first-order valence-electron chi connectivity index (χ1n) is 10.7. The molecule has 33 heavy (non-hydrogen) atoms. The average Bonchev–Trinajstić information content (AvgIpc) is 2.88. The number of aromatic nitrogens is 1. The third-order valence-electron chi connectivity index (χ3n) is 5.24. The molecule has 2 aromatic carbocycles. The van der Waals surface area contributed by atoms with E-state index in [9.17, 15) is 9.36 Å². The molecule has 1 unspecified atom stereocenters. The van der Waals surface area contributed by atoms with E-state index in [4.69, 9.17) is 14.2 Å². The molecule has 0 saturated heterocycles. The van der Waals surface area contributed by atoms with Gasteiger partial charge in [0.25, 0.3) is 0 Å². The highest BCUT2D eigenvalue weighted by Crippen LogP contribution is 2.45. The highest BCUT2D eigenvalue weighted by molar-refractivity contribution is 7.85. The van der Waals surface area contributed by atoms with Crippen LogP contribution in [-0.4, -0.2) is 31.8 Å². The molecule has 3 rings (SSSR count). The second-order valence-electron chi connectivity index (χ2n) is 7.35. The Morgan fingerprint density at radius 2 is 1.76 bits per heavy atom. The Bertz CT molecular complexity index is 1180. The van der Waals surface area contributed by atoms with Crippen molar-refractivity contribution in [3.8, 4) is 11.5 Å². The van der Waals surface area contributed by atoms with Gasteiger partial charge in [0, 0.05) is 16.8 Å². The summed E-state index contributed by atoms with van der Waals surface area (Å²) in [4.78, 5) is 17.2. The lowest BCUT2D eigenvalue weighted by molar-refractivity contribution is -0.136. The summed E-state index contributed by atoms with van der Waals surface area (Å²) in [5.41, 5.74) is 0.928. The molecule has 0 spiro atoms. The summed E-state index contributed by atoms with van der Waals surface area (Å²) >= 11 is 0. The fraction of sp³-hybridized carbons (Fsp3) is 0.231. The van der Waals surface area contributed by atoms with E-state index in [0.29, 0.717) is 39.7 Å². The number of hydrogen-bond donors (Lipinski definition) is 0. The van der Waals surface area contributed by atoms with E-state index in [2.05, 4.69) is 11.6 Å². The second-order valence-corrected chi connectivity index (χ2v) is 10.0. The fourth-order valence-electron chi connectivity index (χ4n) is 3.40. The zero-order chi connectivity index (χ0) is 23.8. The van der Waals surface area contributed by atoms with E-state index < -0.39 is 13.1 Å². The summed E-state index contributed by atoms with van der Waals surface area (Å²) in [7, 11) is -0.476. The molecule has 1 aromatic heterocycles. The number of nitrogens with zero attached hydrogens (tertiary/aromatic N) is 1. The average molecular weight is 465 g/mol. The molecule has 0 amide bonds. The molecule has 0 aliphatic rings. The Kier molecular flexibility index (Phi) is 8.07. The maximum absolute atomic E-state index is 15.0. The van der Waals surface area contributed by atoms with E-state index in [1.807, 2.05) is 6.92 Å². The van der Waals surface area contributed by atoms with Crippen molar-refractivity contribution < 1.29 is 23.6 Å². The second kappa shape index (κ2) is 11.0.